The fourth-order valence-electron chi connectivity index (χ4n) is 5.93. The maximum Gasteiger partial charge on any atom is 0.361 e. The molecule has 0 bridgehead atoms. The van der Waals surface area contributed by atoms with Crippen LogP contribution in [0.15, 0.2) is 142 Å². The summed E-state index contributed by atoms with van der Waals surface area (Å²) in [5.74, 6) is -2.59. The molecule has 0 fully saturated rings. The van der Waals surface area contributed by atoms with Crippen LogP contribution in [0.4, 0.5) is 34.1 Å². The number of phenols is 3. The van der Waals surface area contributed by atoms with Crippen LogP contribution >= 0.6 is 24.1 Å². The number of carbonyl (C=O) groups is 1. The molecule has 7 aromatic rings. The number of hydrogen-bond donors (Lipinski definition) is 4. The zero-order chi connectivity index (χ0) is 47.0. The second kappa shape index (κ2) is 22.3. The Morgan fingerprint density at radius 1 is 0.642 bits per heavy atom. The average Bonchev–Trinajstić information content (AvgIpc) is 3.66. The molecule has 0 amide bonds. The first-order chi connectivity index (χ1) is 31.9. The van der Waals surface area contributed by atoms with Crippen LogP contribution in [-0.2, 0) is 64.6 Å². The SMILES string of the molecule is COOOSc1cc2ccc(N=Nc3c(C(=O)OC)nn(-c4ccc(S(=O)(=O)OC)cc4)c3O)cc2c(O)c1N=Nc1ccc(N=Nc2c(O)cc(SOOOC)c3ccccc23)cc1O.[Cu]. The Labute approximate surface area is 397 Å². The molecule has 1 radical (unpaired) electrons. The molecule has 0 spiro atoms. The van der Waals surface area contributed by atoms with E-state index < -0.39 is 33.4 Å². The van der Waals surface area contributed by atoms with Crippen molar-refractivity contribution in [2.24, 2.45) is 30.7 Å². The van der Waals surface area contributed by atoms with Gasteiger partial charge in [-0.3, -0.25) is 4.18 Å². The number of aromatic hydroxyl groups is 4. The van der Waals surface area contributed by atoms with E-state index in [0.29, 0.717) is 33.1 Å². The predicted octanol–water partition coefficient (Wildman–Crippen LogP) is 10.4. The summed E-state index contributed by atoms with van der Waals surface area (Å²) in [6.07, 6.45) is 0. The van der Waals surface area contributed by atoms with Gasteiger partial charge >= 0.3 is 5.97 Å². The van der Waals surface area contributed by atoms with E-state index in [1.54, 1.807) is 36.4 Å². The third kappa shape index (κ3) is 11.2. The molecule has 23 nitrogen and oxygen atoms in total. The van der Waals surface area contributed by atoms with Crippen LogP contribution in [0, 0.1) is 0 Å². The van der Waals surface area contributed by atoms with Crippen LogP contribution in [0.2, 0.25) is 0 Å². The first kappa shape index (κ1) is 49.8. The number of phenolic OH excluding ortho intramolecular Hbond substituents is 3. The van der Waals surface area contributed by atoms with E-state index in [2.05, 4.69) is 59.8 Å². The molecule has 0 aliphatic rings. The summed E-state index contributed by atoms with van der Waals surface area (Å²) in [6, 6.07) is 23.8. The van der Waals surface area contributed by atoms with Crippen molar-refractivity contribution >= 4 is 95.8 Å². The largest absolute Gasteiger partial charge is 0.506 e. The van der Waals surface area contributed by atoms with Crippen molar-refractivity contribution in [2.45, 2.75) is 14.7 Å². The molecule has 6 aromatic carbocycles. The van der Waals surface area contributed by atoms with E-state index in [9.17, 15) is 33.6 Å². The monoisotopic (exact) mass is 1020 g/mol. The molecule has 0 atom stereocenters. The van der Waals surface area contributed by atoms with Crippen molar-refractivity contribution in [1.29, 1.82) is 0 Å². The summed E-state index contributed by atoms with van der Waals surface area (Å²) >= 11 is 1.44. The van der Waals surface area contributed by atoms with E-state index in [1.807, 2.05) is 0 Å². The van der Waals surface area contributed by atoms with Crippen molar-refractivity contribution in [3.05, 3.63) is 103 Å². The zero-order valence-corrected chi connectivity index (χ0v) is 38.0. The average molecular weight is 1020 g/mol. The van der Waals surface area contributed by atoms with E-state index >= 15 is 0 Å². The number of methoxy groups -OCH3 is 1. The maximum atomic E-state index is 12.7. The Balaban J connectivity index is 0.00000741. The molecular formula is C40H32CuN8O15S3. The standard InChI is InChI=1S/C40H32N8O15S3.Cu/c1-56-40(53)37-36(39(52)48(47-37)24-12-14-25(15-13-24)66(54,55)59-4)46-41-22-10-9-21-17-33(65-63-61-58-3)35(38(51)28(21)18-22)45-43-29-16-11-23(19-30(29)49)42-44-34-27-8-6-5-7-26(27)32(20-31(34)50)64-62-60-57-2;/h5-20,49-52H,1-4H3;. The van der Waals surface area contributed by atoms with Crippen molar-refractivity contribution in [1.82, 2.24) is 9.78 Å². The second-order valence-electron chi connectivity index (χ2n) is 12.8. The molecule has 0 saturated heterocycles. The fourth-order valence-corrected chi connectivity index (χ4v) is 7.72. The maximum absolute atomic E-state index is 12.7. The predicted molar refractivity (Wildman–Crippen MR) is 233 cm³/mol. The van der Waals surface area contributed by atoms with Gasteiger partial charge in [-0.05, 0) is 66.0 Å². The van der Waals surface area contributed by atoms with Gasteiger partial charge in [-0.25, -0.2) is 14.6 Å². The third-order valence-corrected chi connectivity index (χ3v) is 11.5. The van der Waals surface area contributed by atoms with Crippen molar-refractivity contribution in [3.63, 3.8) is 0 Å². The number of azo groups is 3. The smallest absolute Gasteiger partial charge is 0.361 e. The number of ether oxygens (including phenoxy) is 1. The van der Waals surface area contributed by atoms with Gasteiger partial charge in [0.15, 0.2) is 11.4 Å². The molecule has 0 aliphatic carbocycles. The van der Waals surface area contributed by atoms with Gasteiger partial charge in [0.05, 0.1) is 84.3 Å². The molecular weight excluding hydrogens is 992 g/mol. The van der Waals surface area contributed by atoms with Crippen LogP contribution < -0.4 is 0 Å². The quantitative estimate of drug-likeness (QED) is 0.00907. The minimum atomic E-state index is -4.01. The van der Waals surface area contributed by atoms with Crippen molar-refractivity contribution in [2.75, 3.05) is 28.4 Å². The van der Waals surface area contributed by atoms with Crippen LogP contribution in [0.5, 0.6) is 23.1 Å². The summed E-state index contributed by atoms with van der Waals surface area (Å²) in [5, 5.41) is 84.5. The summed E-state index contributed by atoms with van der Waals surface area (Å²) < 4.78 is 44.4. The van der Waals surface area contributed by atoms with Gasteiger partial charge in [0, 0.05) is 39.3 Å². The van der Waals surface area contributed by atoms with Crippen LogP contribution in [0.1, 0.15) is 10.5 Å². The first-order valence-electron chi connectivity index (χ1n) is 18.4. The molecule has 1 aromatic heterocycles. The van der Waals surface area contributed by atoms with Gasteiger partial charge in [0.2, 0.25) is 11.6 Å². The number of benzene rings is 6. The summed E-state index contributed by atoms with van der Waals surface area (Å²) in [5.41, 5.74) is -0.355. The number of hydrogen-bond acceptors (Lipinski definition) is 24. The van der Waals surface area contributed by atoms with Gasteiger partial charge in [0.25, 0.3) is 10.1 Å². The molecule has 1 heterocycles. The Bertz CT molecular complexity index is 3160. The molecule has 4 N–H and O–H groups in total. The molecule has 7 rings (SSSR count). The molecule has 27 heteroatoms. The number of aromatic nitrogens is 2. The third-order valence-electron chi connectivity index (χ3n) is 8.99. The van der Waals surface area contributed by atoms with E-state index in [-0.39, 0.29) is 83.6 Å². The molecule has 67 heavy (non-hydrogen) atoms. The van der Waals surface area contributed by atoms with Gasteiger partial charge in [-0.1, -0.05) is 40.4 Å². The molecule has 351 valence electrons. The number of rotatable bonds is 18. The van der Waals surface area contributed by atoms with Crippen LogP contribution in [-0.4, -0.2) is 73.0 Å². The minimum Gasteiger partial charge on any atom is -0.506 e. The van der Waals surface area contributed by atoms with E-state index in [1.165, 1.54) is 74.9 Å². The van der Waals surface area contributed by atoms with Crippen LogP contribution in [0.25, 0.3) is 27.2 Å². The number of esters is 1. The number of fused-ring (bicyclic) bond motifs is 2. The van der Waals surface area contributed by atoms with Crippen LogP contribution in [0.3, 0.4) is 0 Å². The summed E-state index contributed by atoms with van der Waals surface area (Å²) in [7, 11) is 0.590. The molecule has 0 saturated carbocycles. The number of carbonyl (C=O) groups excluding carboxylic acids is 1. The number of nitrogens with zero attached hydrogens (tertiary/aromatic N) is 8. The van der Waals surface area contributed by atoms with E-state index in [4.69, 9.17) is 13.4 Å². The van der Waals surface area contributed by atoms with Gasteiger partial charge in [-0.2, -0.15) is 28.4 Å². The molecule has 0 unspecified atom stereocenters. The summed E-state index contributed by atoms with van der Waals surface area (Å²) in [4.78, 5) is 22.2. The Morgan fingerprint density at radius 3 is 1.93 bits per heavy atom. The zero-order valence-electron chi connectivity index (χ0n) is 34.6. The van der Waals surface area contributed by atoms with Crippen molar-refractivity contribution < 1.29 is 88.1 Å². The Kier molecular flexibility index (Phi) is 16.6. The van der Waals surface area contributed by atoms with Gasteiger partial charge in [-0.15, -0.1) is 29.1 Å². The van der Waals surface area contributed by atoms with Crippen molar-refractivity contribution in [3.8, 4) is 28.8 Å². The summed E-state index contributed by atoms with van der Waals surface area (Å²) in [6.45, 7) is 0. The first-order valence-corrected chi connectivity index (χ1v) is 21.3. The molecule has 0 aliphatic heterocycles. The normalized spacial score (nSPS) is 11.9. The Hall–Kier alpha value is -6.59. The Morgan fingerprint density at radius 2 is 1.27 bits per heavy atom. The van der Waals surface area contributed by atoms with Gasteiger partial charge < -0.3 is 25.2 Å². The second-order valence-corrected chi connectivity index (χ2v) is 16.0. The van der Waals surface area contributed by atoms with Gasteiger partial charge in [0.1, 0.15) is 28.6 Å². The topological polar surface area (TPSA) is 298 Å². The minimum absolute atomic E-state index is 0. The van der Waals surface area contributed by atoms with E-state index in [0.717, 1.165) is 30.9 Å². The fraction of sp³-hybridized carbons (Fsp3) is 0.100.